The molecule has 4 rings (SSSR count). The highest BCUT2D eigenvalue weighted by Crippen LogP contribution is 2.32. The molecule has 0 saturated carbocycles. The second kappa shape index (κ2) is 12.1. The van der Waals surface area contributed by atoms with E-state index in [-0.39, 0.29) is 24.4 Å². The summed E-state index contributed by atoms with van der Waals surface area (Å²) in [5.41, 5.74) is 3.30. The summed E-state index contributed by atoms with van der Waals surface area (Å²) in [6.45, 7) is 3.42. The monoisotopic (exact) mass is 448 g/mol. The zero-order valence-electron chi connectivity index (χ0n) is 19.2. The summed E-state index contributed by atoms with van der Waals surface area (Å²) in [5, 5.41) is 0. The molecule has 0 aliphatic carbocycles. The molecule has 1 aliphatic rings. The predicted octanol–water partition coefficient (Wildman–Crippen LogP) is 5.13. The molecule has 1 aliphatic heterocycles. The van der Waals surface area contributed by atoms with Crippen molar-refractivity contribution in [2.75, 3.05) is 7.11 Å². The van der Waals surface area contributed by atoms with Gasteiger partial charge in [0.1, 0.15) is 18.3 Å². The van der Waals surface area contributed by atoms with Crippen molar-refractivity contribution < 1.29 is 23.7 Å². The SMILES string of the molecule is CO[C@H]1O[C@@H]([C@@H](C)OCc2ccccc2)[C@H](OCc2ccccc2)[C@H]1OCc1ccccc1. The van der Waals surface area contributed by atoms with Gasteiger partial charge in [-0.05, 0) is 23.6 Å². The zero-order valence-corrected chi connectivity index (χ0v) is 19.2. The van der Waals surface area contributed by atoms with Gasteiger partial charge >= 0.3 is 0 Å². The van der Waals surface area contributed by atoms with E-state index in [0.29, 0.717) is 19.8 Å². The van der Waals surface area contributed by atoms with Crippen LogP contribution in [0.5, 0.6) is 0 Å². The van der Waals surface area contributed by atoms with Gasteiger partial charge in [-0.25, -0.2) is 0 Å². The van der Waals surface area contributed by atoms with Crippen LogP contribution in [0.25, 0.3) is 0 Å². The van der Waals surface area contributed by atoms with E-state index >= 15 is 0 Å². The molecule has 1 saturated heterocycles. The Kier molecular flexibility index (Phi) is 8.64. The Morgan fingerprint density at radius 1 is 0.667 bits per heavy atom. The minimum Gasteiger partial charge on any atom is -0.371 e. The van der Waals surface area contributed by atoms with E-state index in [1.807, 2.05) is 85.8 Å². The van der Waals surface area contributed by atoms with Crippen molar-refractivity contribution in [2.45, 2.75) is 57.5 Å². The van der Waals surface area contributed by atoms with Crippen LogP contribution in [-0.2, 0) is 43.5 Å². The first-order chi connectivity index (χ1) is 16.2. The van der Waals surface area contributed by atoms with Gasteiger partial charge in [0.2, 0.25) is 0 Å². The number of rotatable bonds is 11. The minimum absolute atomic E-state index is 0.214. The maximum Gasteiger partial charge on any atom is 0.186 e. The first kappa shape index (κ1) is 23.6. The second-order valence-corrected chi connectivity index (χ2v) is 8.23. The summed E-state index contributed by atoms with van der Waals surface area (Å²) in [5.74, 6) is 0. The molecule has 0 unspecified atom stereocenters. The van der Waals surface area contributed by atoms with E-state index < -0.39 is 6.29 Å². The van der Waals surface area contributed by atoms with Crippen molar-refractivity contribution in [3.8, 4) is 0 Å². The first-order valence-electron chi connectivity index (χ1n) is 11.4. The van der Waals surface area contributed by atoms with Gasteiger partial charge in [-0.3, -0.25) is 0 Å². The average molecular weight is 449 g/mol. The molecular weight excluding hydrogens is 416 g/mol. The van der Waals surface area contributed by atoms with Crippen LogP contribution in [0.1, 0.15) is 23.6 Å². The lowest BCUT2D eigenvalue weighted by molar-refractivity contribution is -0.178. The van der Waals surface area contributed by atoms with Crippen LogP contribution < -0.4 is 0 Å². The molecule has 1 fully saturated rings. The van der Waals surface area contributed by atoms with Gasteiger partial charge in [0.25, 0.3) is 0 Å². The van der Waals surface area contributed by atoms with E-state index in [1.165, 1.54) is 0 Å². The summed E-state index contributed by atoms with van der Waals surface area (Å²) in [4.78, 5) is 0. The fourth-order valence-electron chi connectivity index (χ4n) is 4.01. The highest BCUT2D eigenvalue weighted by atomic mass is 16.7. The van der Waals surface area contributed by atoms with Gasteiger partial charge < -0.3 is 23.7 Å². The van der Waals surface area contributed by atoms with Crippen molar-refractivity contribution in [1.29, 1.82) is 0 Å². The van der Waals surface area contributed by atoms with Gasteiger partial charge in [-0.2, -0.15) is 0 Å². The summed E-state index contributed by atoms with van der Waals surface area (Å²) in [6, 6.07) is 30.3. The summed E-state index contributed by atoms with van der Waals surface area (Å²) in [7, 11) is 1.63. The molecule has 3 aromatic rings. The van der Waals surface area contributed by atoms with E-state index in [4.69, 9.17) is 23.7 Å². The molecule has 33 heavy (non-hydrogen) atoms. The lowest BCUT2D eigenvalue weighted by Gasteiger charge is -2.27. The topological polar surface area (TPSA) is 46.2 Å². The molecule has 5 heteroatoms. The Bertz CT molecular complexity index is 934. The van der Waals surface area contributed by atoms with Crippen LogP contribution in [0, 0.1) is 0 Å². The molecule has 0 bridgehead atoms. The van der Waals surface area contributed by atoms with Crippen molar-refractivity contribution >= 4 is 0 Å². The summed E-state index contributed by atoms with van der Waals surface area (Å²) < 4.78 is 30.8. The molecule has 5 nitrogen and oxygen atoms in total. The molecule has 5 atom stereocenters. The number of hydrogen-bond acceptors (Lipinski definition) is 5. The molecule has 3 aromatic carbocycles. The molecular formula is C28H32O5. The van der Waals surface area contributed by atoms with Gasteiger partial charge in [-0.1, -0.05) is 91.0 Å². The third-order valence-corrected chi connectivity index (χ3v) is 5.83. The predicted molar refractivity (Wildman–Crippen MR) is 126 cm³/mol. The molecule has 1 heterocycles. The molecule has 0 N–H and O–H groups in total. The maximum atomic E-state index is 6.40. The van der Waals surface area contributed by atoms with E-state index in [0.717, 1.165) is 16.7 Å². The highest BCUT2D eigenvalue weighted by molar-refractivity contribution is 5.15. The lowest BCUT2D eigenvalue weighted by Crippen LogP contribution is -2.42. The second-order valence-electron chi connectivity index (χ2n) is 8.23. The Labute approximate surface area is 196 Å². The highest BCUT2D eigenvalue weighted by Gasteiger charge is 2.49. The third-order valence-electron chi connectivity index (χ3n) is 5.83. The van der Waals surface area contributed by atoms with Crippen LogP contribution in [-0.4, -0.2) is 37.8 Å². The van der Waals surface area contributed by atoms with Crippen molar-refractivity contribution in [2.24, 2.45) is 0 Å². The smallest absolute Gasteiger partial charge is 0.186 e. The Morgan fingerprint density at radius 2 is 1.12 bits per heavy atom. The number of ether oxygens (including phenoxy) is 5. The largest absolute Gasteiger partial charge is 0.371 e. The van der Waals surface area contributed by atoms with Crippen LogP contribution in [0.4, 0.5) is 0 Å². The van der Waals surface area contributed by atoms with Gasteiger partial charge in [0.05, 0.1) is 25.9 Å². The van der Waals surface area contributed by atoms with Crippen molar-refractivity contribution in [3.63, 3.8) is 0 Å². The minimum atomic E-state index is -0.540. The van der Waals surface area contributed by atoms with Crippen molar-refractivity contribution in [3.05, 3.63) is 108 Å². The van der Waals surface area contributed by atoms with E-state index in [9.17, 15) is 0 Å². The molecule has 0 spiro atoms. The molecule has 0 amide bonds. The molecule has 174 valence electrons. The first-order valence-corrected chi connectivity index (χ1v) is 11.4. The van der Waals surface area contributed by atoms with Gasteiger partial charge in [0.15, 0.2) is 6.29 Å². The maximum absolute atomic E-state index is 6.40. The summed E-state index contributed by atoms with van der Waals surface area (Å²) in [6.07, 6.45) is -1.81. The Morgan fingerprint density at radius 3 is 1.61 bits per heavy atom. The number of hydrogen-bond donors (Lipinski definition) is 0. The Balaban J connectivity index is 1.47. The number of benzene rings is 3. The van der Waals surface area contributed by atoms with Crippen LogP contribution in [0.2, 0.25) is 0 Å². The quantitative estimate of drug-likeness (QED) is 0.407. The van der Waals surface area contributed by atoms with E-state index in [2.05, 4.69) is 12.1 Å². The number of methoxy groups -OCH3 is 1. The van der Waals surface area contributed by atoms with Crippen LogP contribution >= 0.6 is 0 Å². The van der Waals surface area contributed by atoms with Crippen molar-refractivity contribution in [1.82, 2.24) is 0 Å². The molecule has 0 aromatic heterocycles. The van der Waals surface area contributed by atoms with Gasteiger partial charge in [-0.15, -0.1) is 0 Å². The van der Waals surface area contributed by atoms with E-state index in [1.54, 1.807) is 7.11 Å². The summed E-state index contributed by atoms with van der Waals surface area (Å²) >= 11 is 0. The van der Waals surface area contributed by atoms with Gasteiger partial charge in [0, 0.05) is 7.11 Å². The third kappa shape index (κ3) is 6.50. The zero-order chi connectivity index (χ0) is 22.9. The average Bonchev–Trinajstić information content (AvgIpc) is 3.24. The van der Waals surface area contributed by atoms with Crippen LogP contribution in [0.3, 0.4) is 0 Å². The standard InChI is InChI=1S/C28H32O5/c1-21(30-18-22-12-6-3-7-13-22)25-26(31-19-23-14-8-4-9-15-23)27(28(29-2)33-25)32-20-24-16-10-5-11-17-24/h3-17,21,25-28H,18-20H2,1-2H3/t21-,25+,26+,27-,28+/m1/s1. The normalized spacial score (nSPS) is 23.5. The lowest BCUT2D eigenvalue weighted by atomic mass is 10.1. The fourth-order valence-corrected chi connectivity index (χ4v) is 4.01. The molecule has 0 radical (unpaired) electrons. The Hall–Kier alpha value is -2.54. The van der Waals surface area contributed by atoms with Crippen LogP contribution in [0.15, 0.2) is 91.0 Å². The fraction of sp³-hybridized carbons (Fsp3) is 0.357.